The highest BCUT2D eigenvalue weighted by Gasteiger charge is 2.32. The van der Waals surface area contributed by atoms with E-state index in [0.29, 0.717) is 41.2 Å². The van der Waals surface area contributed by atoms with E-state index >= 15 is 0 Å². The lowest BCUT2D eigenvalue weighted by molar-refractivity contribution is -0.340. The molecule has 11 heteroatoms. The Morgan fingerprint density at radius 1 is 0.494 bits per heavy atom. The number of rotatable bonds is 18. The monoisotopic (exact) mass is 1200 g/mol. The predicted molar refractivity (Wildman–Crippen MR) is 351 cm³/mol. The third-order valence-electron chi connectivity index (χ3n) is 19.4. The van der Waals surface area contributed by atoms with Gasteiger partial charge in [0.25, 0.3) is 0 Å². The first-order valence-corrected chi connectivity index (χ1v) is 33.3. The van der Waals surface area contributed by atoms with Crippen molar-refractivity contribution >= 4 is 17.9 Å². The van der Waals surface area contributed by atoms with Gasteiger partial charge in [-0.15, -0.1) is 0 Å². The largest absolute Gasteiger partial charge is 0.485 e. The third kappa shape index (κ3) is 20.8. The molecule has 0 spiro atoms. The Morgan fingerprint density at radius 2 is 0.931 bits per heavy atom. The molecule has 0 aromatic heterocycles. The fourth-order valence-corrected chi connectivity index (χ4v) is 13.7. The highest BCUT2D eigenvalue weighted by atomic mass is 19.1. The zero-order chi connectivity index (χ0) is 61.8. The first kappa shape index (κ1) is 67.0. The number of benzene rings is 5. The van der Waals surface area contributed by atoms with Crippen LogP contribution >= 0.6 is 0 Å². The average molecular weight is 1210 g/mol. The van der Waals surface area contributed by atoms with Crippen molar-refractivity contribution in [1.82, 2.24) is 0 Å². The normalized spacial score (nSPS) is 25.1. The smallest absolute Gasteiger partial charge is 0.338 e. The molecule has 0 heterocycles. The van der Waals surface area contributed by atoms with E-state index in [1.165, 1.54) is 113 Å². The Hall–Kier alpha value is -5.91. The maximum atomic E-state index is 14.3. The predicted octanol–water partition coefficient (Wildman–Crippen LogP) is 21.4. The van der Waals surface area contributed by atoms with E-state index in [0.717, 1.165) is 84.8 Å². The van der Waals surface area contributed by atoms with Crippen molar-refractivity contribution in [3.8, 4) is 11.5 Å². The Labute approximate surface area is 526 Å². The van der Waals surface area contributed by atoms with E-state index < -0.39 is 17.7 Å². The quantitative estimate of drug-likeness (QED) is 0.0367. The van der Waals surface area contributed by atoms with Gasteiger partial charge in [0, 0.05) is 7.13 Å². The van der Waals surface area contributed by atoms with Crippen LogP contribution < -0.4 is 9.47 Å². The van der Waals surface area contributed by atoms with E-state index in [1.807, 2.05) is 42.5 Å². The fraction of sp³-hybridized carbons (Fsp3) is 0.566. The molecule has 1 atom stereocenters. The molecule has 10 rings (SSSR count). The molecule has 482 valence electrons. The van der Waals surface area contributed by atoms with Crippen molar-refractivity contribution in [2.24, 2.45) is 41.4 Å². The van der Waals surface area contributed by atoms with Crippen LogP contribution in [0.2, 0.25) is 0 Å². The molecule has 5 aromatic rings. The zero-order valence-electron chi connectivity index (χ0n) is 53.5. The average Bonchev–Trinajstić information content (AvgIpc) is 1.14. The summed E-state index contributed by atoms with van der Waals surface area (Å²) < 4.78 is 50.0. The van der Waals surface area contributed by atoms with Crippen LogP contribution in [0.5, 0.6) is 11.5 Å². The maximum Gasteiger partial charge on any atom is 0.338 e. The van der Waals surface area contributed by atoms with E-state index in [1.54, 1.807) is 52.0 Å². The number of halogens is 2. The summed E-state index contributed by atoms with van der Waals surface area (Å²) in [6.45, 7) is 16.8. The van der Waals surface area contributed by atoms with Gasteiger partial charge in [-0.1, -0.05) is 133 Å². The standard InChI is InChI=1S/C36H44O4.C22H32F2O.C18H24O4.5H2/c1-26-8-14-29(15-9-26)31-18-12-28(13-19-31)24-39-40-35(33-6-4-3-5-7-33)25-38-36(37)34-22-20-32(21-23-34)30-16-10-27(2)11-17-30;1-14(2)25-22-20(23)12-19(13-21(22)24)18-10-8-17(9-11-18)16-6-4-15(3)5-7-16;1-12(2)21-17(19)15-8-10-16(11-9-15)22-18(20)14-6-4-13(3)5-7-14;;;;;/h3-7,12-13,18-23,26-27,29-30,35H,8-11,14-17,24-25H2,1-2H3;12-18H,4-11H2,1-3H3;8-14H,4-7H2,1-3H3;5*1H. The van der Waals surface area contributed by atoms with Gasteiger partial charge in [0.05, 0.1) is 29.3 Å². The molecule has 0 saturated heterocycles. The van der Waals surface area contributed by atoms with Crippen molar-refractivity contribution in [3.63, 3.8) is 0 Å². The molecule has 9 nitrogen and oxygen atoms in total. The number of carbonyl (C=O) groups is 3. The summed E-state index contributed by atoms with van der Waals surface area (Å²) in [5.41, 5.74) is 6.54. The molecular formula is C76H110F2O9. The molecule has 5 aliphatic carbocycles. The summed E-state index contributed by atoms with van der Waals surface area (Å²) in [6, 6.07) is 36.0. The Morgan fingerprint density at radius 3 is 1.44 bits per heavy atom. The second-order valence-electron chi connectivity index (χ2n) is 27.1. The number of ether oxygens (including phenoxy) is 4. The molecule has 5 saturated carbocycles. The van der Waals surface area contributed by atoms with Crippen molar-refractivity contribution in [2.75, 3.05) is 6.61 Å². The van der Waals surface area contributed by atoms with Crippen LogP contribution in [0.4, 0.5) is 8.78 Å². The highest BCUT2D eigenvalue weighted by molar-refractivity contribution is 5.90. The molecule has 0 radical (unpaired) electrons. The lowest BCUT2D eigenvalue weighted by atomic mass is 9.68. The van der Waals surface area contributed by atoms with Crippen LogP contribution in [-0.2, 0) is 30.7 Å². The van der Waals surface area contributed by atoms with Gasteiger partial charge in [0.15, 0.2) is 23.5 Å². The van der Waals surface area contributed by atoms with E-state index in [4.69, 9.17) is 28.7 Å². The van der Waals surface area contributed by atoms with Gasteiger partial charge < -0.3 is 18.9 Å². The van der Waals surface area contributed by atoms with E-state index in [2.05, 4.69) is 64.1 Å². The van der Waals surface area contributed by atoms with Crippen LogP contribution in [0.15, 0.2) is 115 Å². The second-order valence-corrected chi connectivity index (χ2v) is 27.1. The van der Waals surface area contributed by atoms with Crippen LogP contribution in [0.1, 0.15) is 263 Å². The van der Waals surface area contributed by atoms with Crippen LogP contribution in [-0.4, -0.2) is 36.7 Å². The minimum Gasteiger partial charge on any atom is -0.485 e. The minimum atomic E-state index is -0.563. The van der Waals surface area contributed by atoms with E-state index in [-0.39, 0.29) is 61.4 Å². The van der Waals surface area contributed by atoms with E-state index in [9.17, 15) is 23.2 Å². The molecule has 1 unspecified atom stereocenters. The number of hydrogen-bond acceptors (Lipinski definition) is 9. The molecule has 87 heavy (non-hydrogen) atoms. The highest BCUT2D eigenvalue weighted by Crippen LogP contribution is 2.45. The lowest BCUT2D eigenvalue weighted by Crippen LogP contribution is -2.24. The number of carbonyl (C=O) groups excluding carboxylic acids is 3. The Balaban J connectivity index is 0.000000371. The van der Waals surface area contributed by atoms with Gasteiger partial charge in [-0.25, -0.2) is 28.1 Å². The van der Waals surface area contributed by atoms with Crippen molar-refractivity contribution in [1.29, 1.82) is 0 Å². The van der Waals surface area contributed by atoms with Crippen LogP contribution in [0, 0.1) is 53.1 Å². The molecular weight excluding hydrogens is 1090 g/mol. The minimum absolute atomic E-state index is 0. The first-order chi connectivity index (χ1) is 41.9. The summed E-state index contributed by atoms with van der Waals surface area (Å²) >= 11 is 0. The lowest BCUT2D eigenvalue weighted by Gasteiger charge is -2.37. The Bertz CT molecular complexity index is 2850. The van der Waals surface area contributed by atoms with Gasteiger partial charge >= 0.3 is 17.9 Å². The zero-order valence-corrected chi connectivity index (χ0v) is 53.5. The number of hydrogen-bond donors (Lipinski definition) is 0. The van der Waals surface area contributed by atoms with Gasteiger partial charge in [-0.05, 0) is 247 Å². The summed E-state index contributed by atoms with van der Waals surface area (Å²) in [5.74, 6) is 4.78. The molecule has 0 aliphatic heterocycles. The molecule has 5 aliphatic rings. The first-order valence-electron chi connectivity index (χ1n) is 33.3. The van der Waals surface area contributed by atoms with Gasteiger partial charge in [0.2, 0.25) is 0 Å². The fourth-order valence-electron chi connectivity index (χ4n) is 13.7. The molecule has 0 amide bonds. The van der Waals surface area contributed by atoms with Crippen LogP contribution in [0.25, 0.3) is 0 Å². The molecule has 0 bridgehead atoms. The van der Waals surface area contributed by atoms with Crippen LogP contribution in [0.3, 0.4) is 0 Å². The molecule has 0 N–H and O–H groups in total. The molecule has 5 fully saturated rings. The number of esters is 3. The van der Waals surface area contributed by atoms with Gasteiger partial charge in [-0.2, -0.15) is 0 Å². The summed E-state index contributed by atoms with van der Waals surface area (Å²) in [7, 11) is 0. The van der Waals surface area contributed by atoms with Crippen molar-refractivity contribution < 1.29 is 59.0 Å². The maximum absolute atomic E-state index is 14.3. The topological polar surface area (TPSA) is 107 Å². The SMILES string of the molecule is CC1CCC(C(=O)Oc2ccc(C(=O)OC(C)C)cc2)CC1.CC1CCC(C2CCC(c3cc(F)c(OC(C)C)c(F)c3)CC2)CC1.CC1CCC(c2ccc(COOC(COC(=O)c3ccc(C4CCC(C)CC4)cc3)c3ccccc3)cc2)CC1.[HH].[HH].[HH].[HH].[HH]. The molecule has 5 aromatic carbocycles. The third-order valence-corrected chi connectivity index (χ3v) is 19.4. The summed E-state index contributed by atoms with van der Waals surface area (Å²) in [6.07, 6.45) is 23.3. The summed E-state index contributed by atoms with van der Waals surface area (Å²) in [5, 5.41) is 0. The Kier molecular flexibility index (Phi) is 25.9. The van der Waals surface area contributed by atoms with Gasteiger partial charge in [-0.3, -0.25) is 4.79 Å². The van der Waals surface area contributed by atoms with Crippen molar-refractivity contribution in [3.05, 3.63) is 166 Å². The van der Waals surface area contributed by atoms with Crippen molar-refractivity contribution in [2.45, 2.75) is 226 Å². The van der Waals surface area contributed by atoms with Gasteiger partial charge in [0.1, 0.15) is 19.0 Å². The second kappa shape index (κ2) is 33.6. The summed E-state index contributed by atoms with van der Waals surface area (Å²) in [4.78, 5) is 48.2.